The lowest BCUT2D eigenvalue weighted by molar-refractivity contribution is -0.151. The minimum absolute atomic E-state index is 0.0306. The summed E-state index contributed by atoms with van der Waals surface area (Å²) in [4.78, 5) is 11.7. The first-order valence-corrected chi connectivity index (χ1v) is 8.30. The van der Waals surface area contributed by atoms with Crippen molar-refractivity contribution in [3.8, 4) is 0 Å². The van der Waals surface area contributed by atoms with Gasteiger partial charge in [0.15, 0.2) is 0 Å². The van der Waals surface area contributed by atoms with Crippen molar-refractivity contribution in [1.29, 1.82) is 0 Å². The van der Waals surface area contributed by atoms with Gasteiger partial charge in [-0.2, -0.15) is 0 Å². The number of aliphatic hydroxyl groups is 1. The van der Waals surface area contributed by atoms with E-state index in [9.17, 15) is 9.90 Å². The van der Waals surface area contributed by atoms with Crippen molar-refractivity contribution in [2.45, 2.75) is 51.0 Å². The summed E-state index contributed by atoms with van der Waals surface area (Å²) in [6.45, 7) is 5.50. The highest BCUT2D eigenvalue weighted by atomic mass is 16.5. The molecule has 2 N–H and O–H groups in total. The minimum Gasteiger partial charge on any atom is -0.466 e. The van der Waals surface area contributed by atoms with Gasteiger partial charge < -0.3 is 19.9 Å². The fourth-order valence-electron chi connectivity index (χ4n) is 3.31. The number of nitrogens with one attached hydrogen (secondary N) is 1. The van der Waals surface area contributed by atoms with Crippen LogP contribution in [0.25, 0.3) is 0 Å². The van der Waals surface area contributed by atoms with Crippen LogP contribution in [0.1, 0.15) is 45.4 Å². The molecule has 2 aliphatic rings. The van der Waals surface area contributed by atoms with Gasteiger partial charge in [0.1, 0.15) is 0 Å². The Morgan fingerprint density at radius 3 is 2.76 bits per heavy atom. The van der Waals surface area contributed by atoms with Crippen LogP contribution in [0.4, 0.5) is 0 Å². The molecule has 1 atom stereocenters. The molecule has 0 aromatic rings. The van der Waals surface area contributed by atoms with E-state index < -0.39 is 5.60 Å². The molecule has 1 saturated heterocycles. The maximum Gasteiger partial charge on any atom is 0.308 e. The Labute approximate surface area is 127 Å². The molecule has 0 aromatic carbocycles. The van der Waals surface area contributed by atoms with Crippen LogP contribution >= 0.6 is 0 Å². The van der Waals surface area contributed by atoms with Crippen LogP contribution in [0.15, 0.2) is 0 Å². The zero-order chi connectivity index (χ0) is 15.1. The van der Waals surface area contributed by atoms with E-state index >= 15 is 0 Å². The highest BCUT2D eigenvalue weighted by Gasteiger charge is 2.36. The molecule has 1 aliphatic heterocycles. The number of carbonyl (C=O) groups is 1. The lowest BCUT2D eigenvalue weighted by atomic mass is 9.78. The fraction of sp³-hybridized carbons (Fsp3) is 0.938. The molecular weight excluding hydrogens is 270 g/mol. The molecule has 0 aromatic heterocycles. The summed E-state index contributed by atoms with van der Waals surface area (Å²) in [6, 6.07) is 0. The van der Waals surface area contributed by atoms with Gasteiger partial charge in [-0.1, -0.05) is 0 Å². The summed E-state index contributed by atoms with van der Waals surface area (Å²) in [6.07, 6.45) is 5.14. The lowest BCUT2D eigenvalue weighted by Crippen LogP contribution is -2.46. The zero-order valence-corrected chi connectivity index (χ0v) is 13.1. The van der Waals surface area contributed by atoms with E-state index in [1.54, 1.807) is 0 Å². The van der Waals surface area contributed by atoms with Crippen molar-refractivity contribution in [3.63, 3.8) is 0 Å². The third-order valence-electron chi connectivity index (χ3n) is 4.68. The number of esters is 1. The molecule has 0 radical (unpaired) electrons. The molecule has 1 aliphatic carbocycles. The maximum atomic E-state index is 11.7. The van der Waals surface area contributed by atoms with E-state index in [2.05, 4.69) is 5.32 Å². The van der Waals surface area contributed by atoms with Gasteiger partial charge in [0.25, 0.3) is 0 Å². The predicted octanol–water partition coefficient (Wildman–Crippen LogP) is 1.49. The van der Waals surface area contributed by atoms with Crippen molar-refractivity contribution in [2.75, 3.05) is 32.9 Å². The van der Waals surface area contributed by atoms with Crippen molar-refractivity contribution >= 4 is 5.97 Å². The van der Waals surface area contributed by atoms with E-state index in [-0.39, 0.29) is 11.9 Å². The highest BCUT2D eigenvalue weighted by molar-refractivity contribution is 5.72. The standard InChI is InChI=1S/C16H29NO4/c1-2-21-15(18)14-5-7-16(19,8-6-14)12-17-10-13-4-3-9-20-11-13/h13-14,17,19H,2-12H2,1H3. The Bertz CT molecular complexity index is 320. The molecule has 2 rings (SSSR count). The van der Waals surface area contributed by atoms with Crippen LogP contribution in [-0.2, 0) is 14.3 Å². The zero-order valence-electron chi connectivity index (χ0n) is 13.1. The monoisotopic (exact) mass is 299 g/mol. The Morgan fingerprint density at radius 2 is 2.14 bits per heavy atom. The third kappa shape index (κ3) is 5.24. The second-order valence-electron chi connectivity index (χ2n) is 6.46. The Hall–Kier alpha value is -0.650. The van der Waals surface area contributed by atoms with E-state index in [1.165, 1.54) is 6.42 Å². The SMILES string of the molecule is CCOC(=O)C1CCC(O)(CNCC2CCCOC2)CC1. The topological polar surface area (TPSA) is 67.8 Å². The Morgan fingerprint density at radius 1 is 1.38 bits per heavy atom. The predicted molar refractivity (Wildman–Crippen MR) is 80.0 cm³/mol. The lowest BCUT2D eigenvalue weighted by Gasteiger charge is -2.36. The number of ether oxygens (including phenoxy) is 2. The summed E-state index contributed by atoms with van der Waals surface area (Å²) < 4.78 is 10.5. The van der Waals surface area contributed by atoms with Gasteiger partial charge in [0.05, 0.1) is 24.7 Å². The first kappa shape index (κ1) is 16.7. The van der Waals surface area contributed by atoms with E-state index in [0.29, 0.717) is 31.9 Å². The number of hydrogen-bond acceptors (Lipinski definition) is 5. The first-order valence-electron chi connectivity index (χ1n) is 8.30. The molecule has 2 fully saturated rings. The summed E-state index contributed by atoms with van der Waals surface area (Å²) >= 11 is 0. The average molecular weight is 299 g/mol. The molecule has 21 heavy (non-hydrogen) atoms. The second kappa shape index (κ2) is 8.11. The van der Waals surface area contributed by atoms with Crippen LogP contribution in [0.5, 0.6) is 0 Å². The summed E-state index contributed by atoms with van der Waals surface area (Å²) in [7, 11) is 0. The van der Waals surface area contributed by atoms with Crippen LogP contribution in [0.3, 0.4) is 0 Å². The Balaban J connectivity index is 1.65. The van der Waals surface area contributed by atoms with Crippen LogP contribution < -0.4 is 5.32 Å². The number of carbonyl (C=O) groups excluding carboxylic acids is 1. The third-order valence-corrected chi connectivity index (χ3v) is 4.68. The highest BCUT2D eigenvalue weighted by Crippen LogP contribution is 2.32. The van der Waals surface area contributed by atoms with Gasteiger partial charge in [0.2, 0.25) is 0 Å². The van der Waals surface area contributed by atoms with Gasteiger partial charge in [-0.05, 0) is 51.4 Å². The summed E-state index contributed by atoms with van der Waals surface area (Å²) in [5.41, 5.74) is -0.668. The molecule has 1 unspecified atom stereocenters. The normalized spacial score (nSPS) is 33.6. The number of hydrogen-bond donors (Lipinski definition) is 2. The minimum atomic E-state index is -0.668. The smallest absolute Gasteiger partial charge is 0.308 e. The molecular formula is C16H29NO4. The molecule has 0 spiro atoms. The van der Waals surface area contributed by atoms with Crippen molar-refractivity contribution in [3.05, 3.63) is 0 Å². The number of rotatable bonds is 6. The van der Waals surface area contributed by atoms with Gasteiger partial charge in [-0.3, -0.25) is 4.79 Å². The largest absolute Gasteiger partial charge is 0.466 e. The van der Waals surface area contributed by atoms with Crippen molar-refractivity contribution in [1.82, 2.24) is 5.32 Å². The van der Waals surface area contributed by atoms with E-state index in [0.717, 1.165) is 39.0 Å². The van der Waals surface area contributed by atoms with E-state index in [1.807, 2.05) is 6.92 Å². The molecule has 122 valence electrons. The summed E-state index contributed by atoms with van der Waals surface area (Å²) in [5, 5.41) is 14.0. The van der Waals surface area contributed by atoms with E-state index in [4.69, 9.17) is 9.47 Å². The van der Waals surface area contributed by atoms with Gasteiger partial charge in [-0.15, -0.1) is 0 Å². The average Bonchev–Trinajstić information content (AvgIpc) is 2.49. The van der Waals surface area contributed by atoms with Crippen LogP contribution in [0.2, 0.25) is 0 Å². The molecule has 1 heterocycles. The molecule has 1 saturated carbocycles. The quantitative estimate of drug-likeness (QED) is 0.727. The Kier molecular flexibility index (Phi) is 6.45. The van der Waals surface area contributed by atoms with Gasteiger partial charge >= 0.3 is 5.97 Å². The van der Waals surface area contributed by atoms with Crippen molar-refractivity contribution in [2.24, 2.45) is 11.8 Å². The van der Waals surface area contributed by atoms with Crippen LogP contribution in [0, 0.1) is 11.8 Å². The van der Waals surface area contributed by atoms with Crippen LogP contribution in [-0.4, -0.2) is 49.6 Å². The first-order chi connectivity index (χ1) is 10.1. The van der Waals surface area contributed by atoms with Gasteiger partial charge in [0, 0.05) is 19.7 Å². The molecule has 0 bridgehead atoms. The maximum absolute atomic E-state index is 11.7. The summed E-state index contributed by atoms with van der Waals surface area (Å²) in [5.74, 6) is 0.432. The fourth-order valence-corrected chi connectivity index (χ4v) is 3.31. The molecule has 5 heteroatoms. The van der Waals surface area contributed by atoms with Gasteiger partial charge in [-0.25, -0.2) is 0 Å². The molecule has 5 nitrogen and oxygen atoms in total. The second-order valence-corrected chi connectivity index (χ2v) is 6.46. The molecule has 0 amide bonds. The van der Waals surface area contributed by atoms with Crippen molar-refractivity contribution < 1.29 is 19.4 Å².